The third-order valence-corrected chi connectivity index (χ3v) is 4.10. The first kappa shape index (κ1) is 20.3. The highest BCUT2D eigenvalue weighted by atomic mass is 35.5. The fourth-order valence-electron chi connectivity index (χ4n) is 2.56. The Kier molecular flexibility index (Phi) is 5.29. The van der Waals surface area contributed by atoms with E-state index < -0.39 is 40.6 Å². The molecule has 0 bridgehead atoms. The van der Waals surface area contributed by atoms with Gasteiger partial charge < -0.3 is 11.1 Å². The molecule has 1 aromatic heterocycles. The molecule has 3 rings (SSSR count). The lowest BCUT2D eigenvalue weighted by molar-refractivity contribution is -0.143. The van der Waals surface area contributed by atoms with E-state index in [4.69, 9.17) is 17.3 Å². The molecule has 0 saturated carbocycles. The minimum Gasteiger partial charge on any atom is -0.366 e. The van der Waals surface area contributed by atoms with Gasteiger partial charge in [0.1, 0.15) is 5.82 Å². The van der Waals surface area contributed by atoms with Crippen LogP contribution in [0.5, 0.6) is 0 Å². The van der Waals surface area contributed by atoms with E-state index >= 15 is 0 Å². The largest absolute Gasteiger partial charge is 0.434 e. The van der Waals surface area contributed by atoms with Gasteiger partial charge in [0.15, 0.2) is 5.69 Å². The molecule has 0 aliphatic rings. The number of aromatic nitrogens is 2. The van der Waals surface area contributed by atoms with Crippen LogP contribution in [0.4, 0.5) is 23.2 Å². The van der Waals surface area contributed by atoms with Crippen molar-refractivity contribution in [3.8, 4) is 5.69 Å². The Morgan fingerprint density at radius 2 is 1.72 bits per heavy atom. The molecular formula is C18H11ClF4N4O2. The maximum atomic E-state index is 13.7. The third-order valence-electron chi connectivity index (χ3n) is 3.84. The van der Waals surface area contributed by atoms with Crippen molar-refractivity contribution in [2.45, 2.75) is 6.18 Å². The van der Waals surface area contributed by atoms with Gasteiger partial charge in [0.25, 0.3) is 11.8 Å². The highest BCUT2D eigenvalue weighted by Crippen LogP contribution is 2.34. The number of halogens is 5. The smallest absolute Gasteiger partial charge is 0.366 e. The molecule has 0 fully saturated rings. The van der Waals surface area contributed by atoms with Crippen molar-refractivity contribution >= 4 is 29.1 Å². The number of benzene rings is 2. The predicted octanol–water partition coefficient (Wildman–Crippen LogP) is 4.03. The Labute approximate surface area is 165 Å². The number of hydrogen-bond donors (Lipinski definition) is 2. The van der Waals surface area contributed by atoms with Crippen molar-refractivity contribution < 1.29 is 27.2 Å². The minimum atomic E-state index is -4.91. The average molecular weight is 427 g/mol. The summed E-state index contributed by atoms with van der Waals surface area (Å²) in [4.78, 5) is 23.6. The van der Waals surface area contributed by atoms with Crippen molar-refractivity contribution in [1.29, 1.82) is 0 Å². The van der Waals surface area contributed by atoms with E-state index in [1.807, 2.05) is 0 Å². The third kappa shape index (κ3) is 4.21. The summed E-state index contributed by atoms with van der Waals surface area (Å²) < 4.78 is 55.1. The maximum Gasteiger partial charge on any atom is 0.434 e. The number of rotatable bonds is 4. The standard InChI is InChI=1S/C18H11ClF4N4O2/c19-9-1-4-11(5-2-9)27-15(18(21,22)23)13(8-25-27)17(29)26-10-3-6-14(20)12(7-10)16(24)28/h1-8H,(H2,24,28)(H,26,29). The Morgan fingerprint density at radius 1 is 1.07 bits per heavy atom. The molecule has 11 heteroatoms. The van der Waals surface area contributed by atoms with E-state index in [0.717, 1.165) is 24.4 Å². The zero-order chi connectivity index (χ0) is 21.3. The Morgan fingerprint density at radius 3 is 2.31 bits per heavy atom. The molecule has 0 atom stereocenters. The molecule has 1 heterocycles. The van der Waals surface area contributed by atoms with E-state index in [9.17, 15) is 27.2 Å². The van der Waals surface area contributed by atoms with Gasteiger partial charge in [-0.05, 0) is 42.5 Å². The fraction of sp³-hybridized carbons (Fsp3) is 0.0556. The van der Waals surface area contributed by atoms with Crippen LogP contribution in [-0.2, 0) is 6.18 Å². The van der Waals surface area contributed by atoms with Gasteiger partial charge in [-0.3, -0.25) is 9.59 Å². The molecule has 29 heavy (non-hydrogen) atoms. The summed E-state index contributed by atoms with van der Waals surface area (Å²) in [6.07, 6.45) is -4.16. The highest BCUT2D eigenvalue weighted by Gasteiger charge is 2.40. The number of nitrogens with two attached hydrogens (primary N) is 1. The van der Waals surface area contributed by atoms with Crippen molar-refractivity contribution in [2.24, 2.45) is 5.73 Å². The molecule has 3 N–H and O–H groups in total. The van der Waals surface area contributed by atoms with E-state index in [0.29, 0.717) is 9.70 Å². The first-order chi connectivity index (χ1) is 13.6. The second-order valence-electron chi connectivity index (χ2n) is 5.81. The summed E-state index contributed by atoms with van der Waals surface area (Å²) in [6, 6.07) is 8.24. The molecule has 2 amide bonds. The SMILES string of the molecule is NC(=O)c1cc(NC(=O)c2cnn(-c3ccc(Cl)cc3)c2C(F)(F)F)ccc1F. The quantitative estimate of drug-likeness (QED) is 0.617. The van der Waals surface area contributed by atoms with Gasteiger partial charge in [0, 0.05) is 10.7 Å². The topological polar surface area (TPSA) is 90.0 Å². The summed E-state index contributed by atoms with van der Waals surface area (Å²) >= 11 is 5.75. The van der Waals surface area contributed by atoms with Gasteiger partial charge in [0.2, 0.25) is 0 Å². The molecule has 2 aromatic carbocycles. The lowest BCUT2D eigenvalue weighted by atomic mass is 10.1. The van der Waals surface area contributed by atoms with Crippen molar-refractivity contribution in [1.82, 2.24) is 9.78 Å². The van der Waals surface area contributed by atoms with Crippen LogP contribution in [0, 0.1) is 5.82 Å². The normalized spacial score (nSPS) is 11.3. The summed E-state index contributed by atoms with van der Waals surface area (Å²) in [7, 11) is 0. The molecule has 0 saturated heterocycles. The minimum absolute atomic E-state index is 0.0403. The van der Waals surface area contributed by atoms with E-state index in [2.05, 4.69) is 10.4 Å². The van der Waals surface area contributed by atoms with Crippen LogP contribution in [0.25, 0.3) is 5.69 Å². The molecule has 6 nitrogen and oxygen atoms in total. The number of hydrogen-bond acceptors (Lipinski definition) is 3. The zero-order valence-electron chi connectivity index (χ0n) is 14.3. The molecular weight excluding hydrogens is 416 g/mol. The van der Waals surface area contributed by atoms with Crippen LogP contribution in [0.3, 0.4) is 0 Å². The zero-order valence-corrected chi connectivity index (χ0v) is 15.1. The van der Waals surface area contributed by atoms with Crippen LogP contribution in [0.15, 0.2) is 48.7 Å². The summed E-state index contributed by atoms with van der Waals surface area (Å²) in [5.41, 5.74) is 2.35. The second-order valence-corrected chi connectivity index (χ2v) is 6.24. The lowest BCUT2D eigenvalue weighted by Crippen LogP contribution is -2.21. The number of primary amides is 1. The molecule has 0 spiro atoms. The first-order valence-corrected chi connectivity index (χ1v) is 8.27. The number of carbonyl (C=O) groups excluding carboxylic acids is 2. The van der Waals surface area contributed by atoms with Gasteiger partial charge in [-0.15, -0.1) is 0 Å². The number of amides is 2. The van der Waals surface area contributed by atoms with E-state index in [1.54, 1.807) is 0 Å². The number of alkyl halides is 3. The Balaban J connectivity index is 2.00. The molecule has 150 valence electrons. The molecule has 0 aliphatic carbocycles. The summed E-state index contributed by atoms with van der Waals surface area (Å²) in [6.45, 7) is 0. The van der Waals surface area contributed by atoms with Gasteiger partial charge in [0.05, 0.1) is 23.0 Å². The number of anilines is 1. The Bertz CT molecular complexity index is 1090. The fourth-order valence-corrected chi connectivity index (χ4v) is 2.68. The van der Waals surface area contributed by atoms with Crippen LogP contribution in [0.1, 0.15) is 26.4 Å². The van der Waals surface area contributed by atoms with Crippen LogP contribution in [0.2, 0.25) is 5.02 Å². The molecule has 0 radical (unpaired) electrons. The van der Waals surface area contributed by atoms with E-state index in [-0.39, 0.29) is 11.4 Å². The van der Waals surface area contributed by atoms with Crippen molar-refractivity contribution in [3.05, 3.63) is 76.3 Å². The van der Waals surface area contributed by atoms with E-state index in [1.165, 1.54) is 24.3 Å². The van der Waals surface area contributed by atoms with Gasteiger partial charge in [-0.25, -0.2) is 9.07 Å². The Hall–Kier alpha value is -3.40. The number of carbonyl (C=O) groups is 2. The predicted molar refractivity (Wildman–Crippen MR) is 96.4 cm³/mol. The maximum absolute atomic E-state index is 13.7. The lowest BCUT2D eigenvalue weighted by Gasteiger charge is -2.13. The van der Waals surface area contributed by atoms with Gasteiger partial charge >= 0.3 is 6.18 Å². The van der Waals surface area contributed by atoms with Crippen LogP contribution in [-0.4, -0.2) is 21.6 Å². The molecule has 0 unspecified atom stereocenters. The van der Waals surface area contributed by atoms with Crippen LogP contribution < -0.4 is 11.1 Å². The summed E-state index contributed by atoms with van der Waals surface area (Å²) in [5.74, 6) is -3.17. The van der Waals surface area contributed by atoms with Crippen molar-refractivity contribution in [3.63, 3.8) is 0 Å². The number of nitrogens with one attached hydrogen (secondary N) is 1. The first-order valence-electron chi connectivity index (χ1n) is 7.90. The molecule has 0 aliphatic heterocycles. The van der Waals surface area contributed by atoms with Gasteiger partial charge in [-0.2, -0.15) is 18.3 Å². The monoisotopic (exact) mass is 426 g/mol. The van der Waals surface area contributed by atoms with Crippen molar-refractivity contribution in [2.75, 3.05) is 5.32 Å². The second kappa shape index (κ2) is 7.55. The van der Waals surface area contributed by atoms with Gasteiger partial charge in [-0.1, -0.05) is 11.6 Å². The molecule has 3 aromatic rings. The van der Waals surface area contributed by atoms with Crippen LogP contribution >= 0.6 is 11.6 Å². The highest BCUT2D eigenvalue weighted by molar-refractivity contribution is 6.30. The number of nitrogens with zero attached hydrogens (tertiary/aromatic N) is 2. The average Bonchev–Trinajstić information content (AvgIpc) is 3.09. The summed E-state index contributed by atoms with van der Waals surface area (Å²) in [5, 5.41) is 6.16.